The van der Waals surface area contributed by atoms with E-state index in [4.69, 9.17) is 0 Å². The lowest BCUT2D eigenvalue weighted by Crippen LogP contribution is -2.15. The minimum Gasteiger partial charge on any atom is -0.0616 e. The van der Waals surface area contributed by atoms with E-state index in [1.54, 1.807) is 0 Å². The second-order valence-corrected chi connectivity index (χ2v) is 13.4. The van der Waals surface area contributed by atoms with Crippen molar-refractivity contribution in [1.82, 2.24) is 0 Å². The van der Waals surface area contributed by atoms with Crippen LogP contribution in [0.4, 0.5) is 0 Å². The normalized spacial score (nSPS) is 13.3. The fourth-order valence-corrected chi connectivity index (χ4v) is 7.96. The lowest BCUT2D eigenvalue weighted by atomic mass is 9.80. The van der Waals surface area contributed by atoms with E-state index in [-0.39, 0.29) is 5.41 Å². The summed E-state index contributed by atoms with van der Waals surface area (Å²) < 4.78 is 0. The van der Waals surface area contributed by atoms with Crippen LogP contribution in [0.15, 0.2) is 152 Å². The van der Waals surface area contributed by atoms with Crippen LogP contribution in [-0.4, -0.2) is 0 Å². The molecule has 0 aromatic heterocycles. The van der Waals surface area contributed by atoms with Crippen LogP contribution in [0.5, 0.6) is 0 Å². The van der Waals surface area contributed by atoms with Crippen LogP contribution in [0.3, 0.4) is 0 Å². The molecule has 218 valence electrons. The van der Waals surface area contributed by atoms with E-state index in [2.05, 4.69) is 172 Å². The minimum absolute atomic E-state index is 0.0506. The van der Waals surface area contributed by atoms with Gasteiger partial charge < -0.3 is 0 Å². The molecule has 0 atom stereocenters. The van der Waals surface area contributed by atoms with Gasteiger partial charge in [-0.05, 0) is 107 Å². The quantitative estimate of drug-likeness (QED) is 0.181. The van der Waals surface area contributed by atoms with Gasteiger partial charge in [0, 0.05) is 5.41 Å². The zero-order valence-corrected chi connectivity index (χ0v) is 26.4. The fraction of sp³-hybridized carbons (Fsp3) is 0.0870. The Kier molecular flexibility index (Phi) is 5.86. The predicted octanol–water partition coefficient (Wildman–Crippen LogP) is 12.8. The standard InChI is InChI=1S/C46H34/c1-29-16-24-36-37-25-23-35(28-43(37)46(2,3)42(36)26-29)45-40-14-8-6-12-38(40)44(39-13-7-9-15-41(39)45)32-20-17-31(18-21-32)34-22-19-30-10-4-5-11-33(30)27-34/h4-28H,1-3H3. The summed E-state index contributed by atoms with van der Waals surface area (Å²) in [5, 5.41) is 7.69. The first-order valence-electron chi connectivity index (χ1n) is 16.3. The van der Waals surface area contributed by atoms with Crippen LogP contribution < -0.4 is 0 Å². The van der Waals surface area contributed by atoms with Gasteiger partial charge in [-0.3, -0.25) is 0 Å². The molecule has 0 bridgehead atoms. The average molecular weight is 587 g/mol. The first kappa shape index (κ1) is 26.9. The van der Waals surface area contributed by atoms with E-state index in [1.807, 2.05) is 0 Å². The van der Waals surface area contributed by atoms with E-state index >= 15 is 0 Å². The summed E-state index contributed by atoms with van der Waals surface area (Å²) in [5.74, 6) is 0. The third kappa shape index (κ3) is 4.00. The molecule has 0 heterocycles. The second-order valence-electron chi connectivity index (χ2n) is 13.4. The first-order valence-corrected chi connectivity index (χ1v) is 16.3. The third-order valence-electron chi connectivity index (χ3n) is 10.3. The molecule has 8 aromatic rings. The molecule has 0 amide bonds. The Hall–Kier alpha value is -5.46. The highest BCUT2D eigenvalue weighted by Crippen LogP contribution is 2.51. The third-order valence-corrected chi connectivity index (χ3v) is 10.3. The topological polar surface area (TPSA) is 0 Å². The number of hydrogen-bond acceptors (Lipinski definition) is 0. The van der Waals surface area contributed by atoms with E-state index in [1.165, 1.54) is 93.5 Å². The maximum absolute atomic E-state index is 2.47. The van der Waals surface area contributed by atoms with Gasteiger partial charge in [-0.25, -0.2) is 0 Å². The number of benzene rings is 8. The van der Waals surface area contributed by atoms with Crippen molar-refractivity contribution in [1.29, 1.82) is 0 Å². The molecule has 0 saturated carbocycles. The van der Waals surface area contributed by atoms with E-state index in [0.29, 0.717) is 0 Å². The van der Waals surface area contributed by atoms with Gasteiger partial charge in [-0.1, -0.05) is 159 Å². The fourth-order valence-electron chi connectivity index (χ4n) is 7.96. The summed E-state index contributed by atoms with van der Waals surface area (Å²) in [6, 6.07) is 56.5. The maximum Gasteiger partial charge on any atom is 0.0159 e. The minimum atomic E-state index is -0.0506. The highest BCUT2D eigenvalue weighted by Gasteiger charge is 2.35. The Labute approximate surface area is 270 Å². The van der Waals surface area contributed by atoms with Crippen molar-refractivity contribution < 1.29 is 0 Å². The van der Waals surface area contributed by atoms with Gasteiger partial charge in [0.05, 0.1) is 0 Å². The first-order chi connectivity index (χ1) is 22.5. The van der Waals surface area contributed by atoms with E-state index in [0.717, 1.165) is 0 Å². The van der Waals surface area contributed by atoms with E-state index < -0.39 is 0 Å². The van der Waals surface area contributed by atoms with Crippen LogP contribution in [0, 0.1) is 6.92 Å². The molecule has 1 aliphatic carbocycles. The molecule has 0 unspecified atom stereocenters. The lowest BCUT2D eigenvalue weighted by molar-refractivity contribution is 0.660. The Bertz CT molecular complexity index is 2430. The zero-order chi connectivity index (χ0) is 31.0. The Morgan fingerprint density at radius 1 is 0.370 bits per heavy atom. The summed E-state index contributed by atoms with van der Waals surface area (Å²) in [6.45, 7) is 6.95. The monoisotopic (exact) mass is 586 g/mol. The smallest absolute Gasteiger partial charge is 0.0159 e. The van der Waals surface area contributed by atoms with Gasteiger partial charge in [0.15, 0.2) is 0 Å². The molecule has 0 heteroatoms. The number of aryl methyl sites for hydroxylation is 1. The second kappa shape index (κ2) is 10.0. The molecule has 9 rings (SSSR count). The van der Waals surface area contributed by atoms with Gasteiger partial charge >= 0.3 is 0 Å². The summed E-state index contributed by atoms with van der Waals surface area (Å²) in [7, 11) is 0. The van der Waals surface area contributed by atoms with Crippen molar-refractivity contribution in [2.24, 2.45) is 0 Å². The van der Waals surface area contributed by atoms with Crippen molar-refractivity contribution >= 4 is 32.3 Å². The molecular formula is C46H34. The molecule has 0 saturated heterocycles. The summed E-state index contributed by atoms with van der Waals surface area (Å²) in [4.78, 5) is 0. The predicted molar refractivity (Wildman–Crippen MR) is 198 cm³/mol. The summed E-state index contributed by atoms with van der Waals surface area (Å²) in [6.07, 6.45) is 0. The average Bonchev–Trinajstić information content (AvgIpc) is 3.31. The van der Waals surface area contributed by atoms with Gasteiger partial charge in [-0.2, -0.15) is 0 Å². The van der Waals surface area contributed by atoms with Crippen LogP contribution >= 0.6 is 0 Å². The largest absolute Gasteiger partial charge is 0.0616 e. The molecule has 0 fully saturated rings. The van der Waals surface area contributed by atoms with Crippen molar-refractivity contribution in [2.75, 3.05) is 0 Å². The van der Waals surface area contributed by atoms with Crippen molar-refractivity contribution in [3.05, 3.63) is 168 Å². The highest BCUT2D eigenvalue weighted by atomic mass is 14.4. The van der Waals surface area contributed by atoms with Crippen molar-refractivity contribution in [3.8, 4) is 44.5 Å². The molecule has 0 N–H and O–H groups in total. The van der Waals surface area contributed by atoms with E-state index in [9.17, 15) is 0 Å². The van der Waals surface area contributed by atoms with Crippen molar-refractivity contribution in [3.63, 3.8) is 0 Å². The Morgan fingerprint density at radius 2 is 0.848 bits per heavy atom. The van der Waals surface area contributed by atoms with Gasteiger partial charge in [0.2, 0.25) is 0 Å². The van der Waals surface area contributed by atoms with Gasteiger partial charge in [0.25, 0.3) is 0 Å². The van der Waals surface area contributed by atoms with Crippen molar-refractivity contribution in [2.45, 2.75) is 26.2 Å². The SMILES string of the molecule is Cc1ccc2c(c1)C(C)(C)c1cc(-c3c4ccccc4c(-c4ccc(-c5ccc6ccccc6c5)cc4)c4ccccc34)ccc1-2. The lowest BCUT2D eigenvalue weighted by Gasteiger charge is -2.23. The number of rotatable bonds is 3. The molecule has 1 aliphatic rings. The van der Waals surface area contributed by atoms with Gasteiger partial charge in [0.1, 0.15) is 0 Å². The maximum atomic E-state index is 2.47. The molecular weight excluding hydrogens is 553 g/mol. The van der Waals surface area contributed by atoms with Gasteiger partial charge in [-0.15, -0.1) is 0 Å². The molecule has 46 heavy (non-hydrogen) atoms. The molecule has 0 nitrogen and oxygen atoms in total. The number of hydrogen-bond donors (Lipinski definition) is 0. The number of fused-ring (bicyclic) bond motifs is 6. The zero-order valence-electron chi connectivity index (χ0n) is 26.4. The Balaban J connectivity index is 1.22. The van der Waals surface area contributed by atoms with Crippen LogP contribution in [0.2, 0.25) is 0 Å². The van der Waals surface area contributed by atoms with Crippen LogP contribution in [0.25, 0.3) is 76.8 Å². The summed E-state index contributed by atoms with van der Waals surface area (Å²) in [5.41, 5.74) is 14.4. The highest BCUT2D eigenvalue weighted by molar-refractivity contribution is 6.21. The molecule has 8 aromatic carbocycles. The van der Waals surface area contributed by atoms with Crippen LogP contribution in [0.1, 0.15) is 30.5 Å². The Morgan fingerprint density at radius 3 is 1.50 bits per heavy atom. The van der Waals surface area contributed by atoms with Crippen LogP contribution in [-0.2, 0) is 5.41 Å². The summed E-state index contributed by atoms with van der Waals surface area (Å²) >= 11 is 0. The molecule has 0 spiro atoms. The molecule has 0 aliphatic heterocycles. The molecule has 0 radical (unpaired) electrons.